The SMILES string of the molecule is CC(C)(C)c1cc(-c2cc(C(C)(C)C)ccc2N2c3ccc(C(C)(C)C)cc3B3c4ccc5c(sc6c7c(ccc65)CCC7)c4Oc4cc(C(C)(C)C)cc2c43)cc(C(C)(C)C)c1. The lowest BCUT2D eigenvalue weighted by molar-refractivity contribution is 0.489. The summed E-state index contributed by atoms with van der Waals surface area (Å²) in [5, 5.41) is 2.69. The number of rotatable bonds is 2. The zero-order chi connectivity index (χ0) is 44.9. The van der Waals surface area contributed by atoms with Gasteiger partial charge >= 0.3 is 0 Å². The molecule has 0 saturated carbocycles. The van der Waals surface area contributed by atoms with Crippen LogP contribution in [0.5, 0.6) is 11.5 Å². The van der Waals surface area contributed by atoms with Crippen molar-refractivity contribution in [3.63, 3.8) is 0 Å². The Morgan fingerprint density at radius 1 is 0.492 bits per heavy atom. The molecule has 0 amide bonds. The highest BCUT2D eigenvalue weighted by molar-refractivity contribution is 7.26. The van der Waals surface area contributed by atoms with Crippen LogP contribution in [0.2, 0.25) is 0 Å². The standard InChI is InChI=1S/C59H66BNOS/c1-55(2,3)36-20-25-47(44(30-36)35-27-38(57(7,8)9)29-39(28-35)58(10,11)12)61-48-26-21-37(56(4,5)6)31-46(48)60-45-24-23-43-42-22-19-34-17-16-18-41(34)53(42)63-54(43)52(45)62-50-33-40(59(13,14)15)32-49(61)51(50)60/h19-33H,16-18H2,1-15H3. The Bertz CT molecular complexity index is 3000. The molecular weight excluding hydrogens is 782 g/mol. The van der Waals surface area contributed by atoms with Crippen LogP contribution in [-0.4, -0.2) is 6.71 Å². The summed E-state index contributed by atoms with van der Waals surface area (Å²) in [7, 11) is 0. The van der Waals surface area contributed by atoms with Gasteiger partial charge in [0.2, 0.25) is 0 Å². The molecule has 322 valence electrons. The van der Waals surface area contributed by atoms with Gasteiger partial charge in [0, 0.05) is 32.4 Å². The summed E-state index contributed by atoms with van der Waals surface area (Å²) in [5.74, 6) is 2.03. The minimum Gasteiger partial charge on any atom is -0.457 e. The third-order valence-corrected chi connectivity index (χ3v) is 15.7. The van der Waals surface area contributed by atoms with Crippen molar-refractivity contribution < 1.29 is 4.74 Å². The molecule has 0 spiro atoms. The number of hydrogen-bond acceptors (Lipinski definition) is 3. The van der Waals surface area contributed by atoms with Crippen LogP contribution < -0.4 is 26.0 Å². The van der Waals surface area contributed by atoms with Gasteiger partial charge in [-0.05, 0) is 138 Å². The number of aryl methyl sites for hydroxylation is 2. The molecule has 0 saturated heterocycles. The van der Waals surface area contributed by atoms with Gasteiger partial charge in [-0.2, -0.15) is 0 Å². The highest BCUT2D eigenvalue weighted by Gasteiger charge is 2.44. The van der Waals surface area contributed by atoms with Gasteiger partial charge in [-0.15, -0.1) is 11.3 Å². The van der Waals surface area contributed by atoms with Crippen LogP contribution in [0.4, 0.5) is 17.1 Å². The first-order chi connectivity index (χ1) is 29.4. The number of fused-ring (bicyclic) bond motifs is 10. The summed E-state index contributed by atoms with van der Waals surface area (Å²) in [6.07, 6.45) is 3.60. The second-order valence-corrected chi connectivity index (χ2v) is 25.2. The highest BCUT2D eigenvalue weighted by atomic mass is 32.1. The highest BCUT2D eigenvalue weighted by Crippen LogP contribution is 2.50. The maximum atomic E-state index is 7.49. The molecule has 2 nitrogen and oxygen atoms in total. The third kappa shape index (κ3) is 6.88. The van der Waals surface area contributed by atoms with E-state index in [2.05, 4.69) is 200 Å². The van der Waals surface area contributed by atoms with E-state index in [4.69, 9.17) is 4.74 Å². The van der Waals surface area contributed by atoms with Gasteiger partial charge in [0.1, 0.15) is 11.5 Å². The van der Waals surface area contributed by atoms with Crippen LogP contribution in [-0.2, 0) is 39.9 Å². The second-order valence-electron chi connectivity index (χ2n) is 24.2. The van der Waals surface area contributed by atoms with Gasteiger partial charge in [0.25, 0.3) is 6.71 Å². The number of thiophene rings is 1. The van der Waals surface area contributed by atoms with Crippen LogP contribution in [0, 0.1) is 0 Å². The summed E-state index contributed by atoms with van der Waals surface area (Å²) in [5.41, 5.74) is 19.6. The van der Waals surface area contributed by atoms with Gasteiger partial charge in [-0.25, -0.2) is 0 Å². The van der Waals surface area contributed by atoms with Crippen LogP contribution in [0.15, 0.2) is 91.0 Å². The van der Waals surface area contributed by atoms with Crippen molar-refractivity contribution in [3.8, 4) is 22.6 Å². The fraction of sp³-hybridized carbons (Fsp3) is 0.390. The van der Waals surface area contributed by atoms with E-state index in [1.54, 1.807) is 5.56 Å². The Morgan fingerprint density at radius 2 is 1.06 bits per heavy atom. The zero-order valence-electron chi connectivity index (χ0n) is 40.6. The molecule has 0 fully saturated rings. The summed E-state index contributed by atoms with van der Waals surface area (Å²) < 4.78 is 10.2. The Hall–Kier alpha value is -4.80. The molecule has 0 bridgehead atoms. The van der Waals surface area contributed by atoms with Crippen molar-refractivity contribution in [2.75, 3.05) is 4.90 Å². The van der Waals surface area contributed by atoms with Crippen LogP contribution in [0.1, 0.15) is 149 Å². The average Bonchev–Trinajstić information content (AvgIpc) is 3.84. The van der Waals surface area contributed by atoms with Gasteiger partial charge in [-0.1, -0.05) is 165 Å². The van der Waals surface area contributed by atoms with Crippen LogP contribution >= 0.6 is 11.3 Å². The van der Waals surface area contributed by atoms with E-state index in [1.165, 1.54) is 117 Å². The van der Waals surface area contributed by atoms with Crippen molar-refractivity contribution >= 4 is 71.7 Å². The molecule has 0 N–H and O–H groups in total. The molecule has 4 heteroatoms. The Kier molecular flexibility index (Phi) is 9.27. The summed E-state index contributed by atoms with van der Waals surface area (Å²) in [6.45, 7) is 35.2. The molecule has 0 atom stereocenters. The average molecular weight is 848 g/mol. The molecule has 3 heterocycles. The second kappa shape index (κ2) is 13.9. The lowest BCUT2D eigenvalue weighted by Crippen LogP contribution is -2.59. The van der Waals surface area contributed by atoms with E-state index >= 15 is 0 Å². The molecule has 1 aromatic heterocycles. The molecule has 63 heavy (non-hydrogen) atoms. The molecule has 10 rings (SSSR count). The molecule has 3 aliphatic rings. The molecule has 0 radical (unpaired) electrons. The first-order valence-corrected chi connectivity index (χ1v) is 24.3. The minimum absolute atomic E-state index is 0.00987. The van der Waals surface area contributed by atoms with Crippen molar-refractivity contribution in [1.29, 1.82) is 0 Å². The van der Waals surface area contributed by atoms with E-state index < -0.39 is 0 Å². The maximum Gasteiger partial charge on any atom is 0.256 e. The number of hydrogen-bond donors (Lipinski definition) is 0. The lowest BCUT2D eigenvalue weighted by atomic mass is 9.34. The van der Waals surface area contributed by atoms with E-state index in [0.29, 0.717) is 0 Å². The van der Waals surface area contributed by atoms with Crippen molar-refractivity contribution in [2.45, 2.75) is 150 Å². The number of nitrogens with zero attached hydrogens (tertiary/aromatic N) is 1. The van der Waals surface area contributed by atoms with E-state index in [0.717, 1.165) is 11.5 Å². The fourth-order valence-corrected chi connectivity index (χ4v) is 11.8. The first-order valence-electron chi connectivity index (χ1n) is 23.5. The number of benzene rings is 6. The topological polar surface area (TPSA) is 12.5 Å². The normalized spacial score (nSPS) is 15.1. The molecular formula is C59H66BNOS. The van der Waals surface area contributed by atoms with Gasteiger partial charge in [-0.3, -0.25) is 0 Å². The quantitative estimate of drug-likeness (QED) is 0.161. The smallest absolute Gasteiger partial charge is 0.256 e. The zero-order valence-corrected chi connectivity index (χ0v) is 41.4. The molecule has 2 aliphatic heterocycles. The van der Waals surface area contributed by atoms with Crippen molar-refractivity contribution in [2.24, 2.45) is 0 Å². The Morgan fingerprint density at radius 3 is 1.70 bits per heavy atom. The van der Waals surface area contributed by atoms with Crippen LogP contribution in [0.3, 0.4) is 0 Å². The molecule has 1 aliphatic carbocycles. The number of anilines is 3. The van der Waals surface area contributed by atoms with Gasteiger partial charge in [0.05, 0.1) is 10.4 Å². The predicted octanol–water partition coefficient (Wildman–Crippen LogP) is 15.1. The van der Waals surface area contributed by atoms with E-state index in [-0.39, 0.29) is 33.8 Å². The molecule has 7 aromatic rings. The first kappa shape index (κ1) is 42.2. The van der Waals surface area contributed by atoms with Crippen molar-refractivity contribution in [1.82, 2.24) is 0 Å². The van der Waals surface area contributed by atoms with E-state index in [9.17, 15) is 0 Å². The monoisotopic (exact) mass is 847 g/mol. The van der Waals surface area contributed by atoms with Crippen molar-refractivity contribution in [3.05, 3.63) is 130 Å². The van der Waals surface area contributed by atoms with Crippen LogP contribution in [0.25, 0.3) is 31.3 Å². The Labute approximate surface area is 382 Å². The molecule has 0 unspecified atom stereocenters. The molecule has 6 aromatic carbocycles. The Balaban J connectivity index is 1.30. The largest absolute Gasteiger partial charge is 0.457 e. The fourth-order valence-electron chi connectivity index (χ4n) is 10.4. The summed E-state index contributed by atoms with van der Waals surface area (Å²) in [6, 6.07) is 36.5. The number of ether oxygens (including phenoxy) is 1. The minimum atomic E-state index is -0.113. The third-order valence-electron chi connectivity index (χ3n) is 14.4. The maximum absolute atomic E-state index is 7.49. The van der Waals surface area contributed by atoms with Gasteiger partial charge < -0.3 is 9.64 Å². The predicted molar refractivity (Wildman–Crippen MR) is 276 cm³/mol. The van der Waals surface area contributed by atoms with Gasteiger partial charge in [0.15, 0.2) is 0 Å². The summed E-state index contributed by atoms with van der Waals surface area (Å²) >= 11 is 1.96. The summed E-state index contributed by atoms with van der Waals surface area (Å²) in [4.78, 5) is 2.62. The van der Waals surface area contributed by atoms with E-state index in [1.807, 2.05) is 11.3 Å². The lowest BCUT2D eigenvalue weighted by Gasteiger charge is -2.42.